The molecule has 112 valence electrons. The summed E-state index contributed by atoms with van der Waals surface area (Å²) in [5, 5.41) is 37.6. The SMILES string of the molecule is COc1cc(C(=O)O)c(C(C(=O)O)C(=O)O)cc1[N+](=O)[O-]. The Morgan fingerprint density at radius 3 is 2.05 bits per heavy atom. The zero-order chi connectivity index (χ0) is 16.3. The Bertz CT molecular complexity index is 623. The summed E-state index contributed by atoms with van der Waals surface area (Å²) in [6.07, 6.45) is 0. The zero-order valence-corrected chi connectivity index (χ0v) is 10.5. The number of aliphatic carboxylic acids is 2. The molecule has 0 heterocycles. The molecule has 0 aliphatic carbocycles. The standard InChI is InChI=1S/C11H9NO9/c1-21-7-3-5(9(13)14)4(2-6(7)12(19)20)8(10(15)16)11(17)18/h2-3,8H,1H3,(H,13,14)(H,15,16)(H,17,18). The molecular formula is C11H9NO9. The van der Waals surface area contributed by atoms with E-state index in [1.807, 2.05) is 0 Å². The quantitative estimate of drug-likeness (QED) is 0.386. The van der Waals surface area contributed by atoms with E-state index in [1.165, 1.54) is 0 Å². The molecule has 10 heteroatoms. The minimum atomic E-state index is -2.25. The van der Waals surface area contributed by atoms with Gasteiger partial charge in [-0.2, -0.15) is 0 Å². The normalized spacial score (nSPS) is 10.2. The molecule has 0 saturated carbocycles. The first-order valence-electron chi connectivity index (χ1n) is 5.26. The van der Waals surface area contributed by atoms with Crippen LogP contribution in [0.25, 0.3) is 0 Å². The van der Waals surface area contributed by atoms with Gasteiger partial charge in [-0.1, -0.05) is 0 Å². The lowest BCUT2D eigenvalue weighted by molar-refractivity contribution is -0.385. The maximum absolute atomic E-state index is 11.1. The summed E-state index contributed by atoms with van der Waals surface area (Å²) in [5.41, 5.74) is -2.15. The van der Waals surface area contributed by atoms with Crippen molar-refractivity contribution < 1.29 is 39.4 Å². The smallest absolute Gasteiger partial charge is 0.336 e. The Labute approximate surface area is 116 Å². The molecule has 1 rings (SSSR count). The highest BCUT2D eigenvalue weighted by atomic mass is 16.6. The van der Waals surface area contributed by atoms with Crippen molar-refractivity contribution in [1.29, 1.82) is 0 Å². The number of ether oxygens (including phenoxy) is 1. The van der Waals surface area contributed by atoms with Crippen LogP contribution in [0.15, 0.2) is 12.1 Å². The molecule has 0 unspecified atom stereocenters. The number of hydrogen-bond donors (Lipinski definition) is 3. The van der Waals surface area contributed by atoms with Crippen molar-refractivity contribution in [3.8, 4) is 5.75 Å². The molecule has 0 aromatic heterocycles. The highest BCUT2D eigenvalue weighted by Crippen LogP contribution is 2.34. The Morgan fingerprint density at radius 2 is 1.71 bits per heavy atom. The van der Waals surface area contributed by atoms with Crippen molar-refractivity contribution in [2.45, 2.75) is 5.92 Å². The number of carboxylic acid groups (broad SMARTS) is 3. The second kappa shape index (κ2) is 5.86. The summed E-state index contributed by atoms with van der Waals surface area (Å²) < 4.78 is 4.65. The summed E-state index contributed by atoms with van der Waals surface area (Å²) in [7, 11) is 1.06. The summed E-state index contributed by atoms with van der Waals surface area (Å²) in [6, 6.07) is 1.30. The van der Waals surface area contributed by atoms with Gasteiger partial charge in [-0.25, -0.2) is 4.79 Å². The van der Waals surface area contributed by atoms with Crippen LogP contribution in [-0.2, 0) is 9.59 Å². The van der Waals surface area contributed by atoms with Crippen LogP contribution in [0.3, 0.4) is 0 Å². The number of carboxylic acids is 3. The Kier molecular flexibility index (Phi) is 4.43. The number of hydrogen-bond acceptors (Lipinski definition) is 6. The molecule has 1 aromatic rings. The predicted octanol–water partition coefficient (Wildman–Crippen LogP) is 0.554. The van der Waals surface area contributed by atoms with Gasteiger partial charge in [0.1, 0.15) is 0 Å². The van der Waals surface area contributed by atoms with Crippen LogP contribution in [0.2, 0.25) is 0 Å². The molecule has 3 N–H and O–H groups in total. The molecule has 0 spiro atoms. The van der Waals surface area contributed by atoms with E-state index in [0.717, 1.165) is 7.11 Å². The van der Waals surface area contributed by atoms with Crippen LogP contribution in [0.1, 0.15) is 21.8 Å². The lowest BCUT2D eigenvalue weighted by Gasteiger charge is -2.12. The largest absolute Gasteiger partial charge is 0.490 e. The van der Waals surface area contributed by atoms with Gasteiger partial charge in [-0.05, 0) is 5.56 Å². The first kappa shape index (κ1) is 15.9. The fraction of sp³-hybridized carbons (Fsp3) is 0.182. The van der Waals surface area contributed by atoms with Gasteiger partial charge in [0.25, 0.3) is 0 Å². The van der Waals surface area contributed by atoms with Crippen molar-refractivity contribution in [2.24, 2.45) is 0 Å². The average molecular weight is 299 g/mol. The first-order valence-corrected chi connectivity index (χ1v) is 5.26. The average Bonchev–Trinajstić information content (AvgIpc) is 2.36. The van der Waals surface area contributed by atoms with Gasteiger partial charge in [-0.3, -0.25) is 19.7 Å². The third-order valence-corrected chi connectivity index (χ3v) is 2.58. The summed E-state index contributed by atoms with van der Waals surface area (Å²) in [4.78, 5) is 43.0. The first-order chi connectivity index (χ1) is 9.70. The molecule has 1 aromatic carbocycles. The van der Waals surface area contributed by atoms with Crippen LogP contribution < -0.4 is 4.74 Å². The van der Waals surface area contributed by atoms with Crippen molar-refractivity contribution >= 4 is 23.6 Å². The van der Waals surface area contributed by atoms with Crippen LogP contribution in [0.5, 0.6) is 5.75 Å². The van der Waals surface area contributed by atoms with E-state index in [1.54, 1.807) is 0 Å². The zero-order valence-electron chi connectivity index (χ0n) is 10.5. The third-order valence-electron chi connectivity index (χ3n) is 2.58. The molecule has 0 amide bonds. The van der Waals surface area contributed by atoms with Gasteiger partial charge in [0.2, 0.25) is 0 Å². The number of aromatic carboxylic acids is 1. The molecule has 10 nitrogen and oxygen atoms in total. The maximum atomic E-state index is 11.1. The number of methoxy groups -OCH3 is 1. The second-order valence-electron chi connectivity index (χ2n) is 3.78. The molecule has 0 saturated heterocycles. The van der Waals surface area contributed by atoms with Crippen LogP contribution in [0.4, 0.5) is 5.69 Å². The molecule has 0 atom stereocenters. The lowest BCUT2D eigenvalue weighted by atomic mass is 9.93. The Morgan fingerprint density at radius 1 is 1.19 bits per heavy atom. The molecular weight excluding hydrogens is 290 g/mol. The maximum Gasteiger partial charge on any atom is 0.336 e. The number of rotatable bonds is 6. The van der Waals surface area contributed by atoms with Gasteiger partial charge < -0.3 is 20.1 Å². The van der Waals surface area contributed by atoms with Crippen molar-refractivity contribution in [2.75, 3.05) is 7.11 Å². The van der Waals surface area contributed by atoms with E-state index in [4.69, 9.17) is 15.3 Å². The Balaban J connectivity index is 3.72. The van der Waals surface area contributed by atoms with E-state index in [9.17, 15) is 24.5 Å². The third kappa shape index (κ3) is 3.05. The van der Waals surface area contributed by atoms with Crippen molar-refractivity contribution in [3.63, 3.8) is 0 Å². The fourth-order valence-corrected chi connectivity index (χ4v) is 1.69. The number of nitro groups is 1. The van der Waals surface area contributed by atoms with Gasteiger partial charge in [-0.15, -0.1) is 0 Å². The number of benzene rings is 1. The van der Waals surface area contributed by atoms with Crippen molar-refractivity contribution in [3.05, 3.63) is 33.4 Å². The molecule has 0 radical (unpaired) electrons. The van der Waals surface area contributed by atoms with Gasteiger partial charge in [0.05, 0.1) is 17.6 Å². The highest BCUT2D eigenvalue weighted by molar-refractivity contribution is 6.03. The van der Waals surface area contributed by atoms with E-state index < -0.39 is 51.3 Å². The van der Waals surface area contributed by atoms with E-state index in [0.29, 0.717) is 12.1 Å². The fourth-order valence-electron chi connectivity index (χ4n) is 1.69. The second-order valence-corrected chi connectivity index (χ2v) is 3.78. The highest BCUT2D eigenvalue weighted by Gasteiger charge is 2.35. The molecule has 0 aliphatic rings. The molecule has 0 aliphatic heterocycles. The van der Waals surface area contributed by atoms with Crippen molar-refractivity contribution in [1.82, 2.24) is 0 Å². The van der Waals surface area contributed by atoms with E-state index in [-0.39, 0.29) is 0 Å². The molecule has 21 heavy (non-hydrogen) atoms. The molecule has 0 bridgehead atoms. The monoisotopic (exact) mass is 299 g/mol. The lowest BCUT2D eigenvalue weighted by Crippen LogP contribution is -2.23. The van der Waals surface area contributed by atoms with Gasteiger partial charge >= 0.3 is 23.6 Å². The van der Waals surface area contributed by atoms with E-state index in [2.05, 4.69) is 4.74 Å². The summed E-state index contributed by atoms with van der Waals surface area (Å²) in [6.45, 7) is 0. The summed E-state index contributed by atoms with van der Waals surface area (Å²) in [5.74, 6) is -7.99. The van der Waals surface area contributed by atoms with E-state index >= 15 is 0 Å². The summed E-state index contributed by atoms with van der Waals surface area (Å²) >= 11 is 0. The van der Waals surface area contributed by atoms with Gasteiger partial charge in [0.15, 0.2) is 11.7 Å². The number of carbonyl (C=O) groups is 3. The molecule has 0 fully saturated rings. The Hall–Kier alpha value is -3.17. The van der Waals surface area contributed by atoms with Gasteiger partial charge in [0, 0.05) is 12.1 Å². The van der Waals surface area contributed by atoms with Crippen LogP contribution >= 0.6 is 0 Å². The minimum absolute atomic E-state index is 0.421. The predicted molar refractivity (Wildman–Crippen MR) is 64.6 cm³/mol. The topological polar surface area (TPSA) is 164 Å². The minimum Gasteiger partial charge on any atom is -0.490 e. The van der Waals surface area contributed by atoms with Crippen LogP contribution in [0, 0.1) is 10.1 Å². The van der Waals surface area contributed by atoms with Crippen LogP contribution in [-0.4, -0.2) is 45.3 Å². The number of nitrogens with zero attached hydrogens (tertiary/aromatic N) is 1. The number of nitro benzene ring substituents is 1.